The third-order valence-corrected chi connectivity index (χ3v) is 2.49. The van der Waals surface area contributed by atoms with Gasteiger partial charge in [-0.15, -0.1) is 6.58 Å². The molecule has 0 amide bonds. The Morgan fingerprint density at radius 3 is 2.93 bits per heavy atom. The minimum atomic E-state index is 0.461. The SMILES string of the molecule is C=CCC[C@@H](C)Nc1cc(CC)nn1C. The molecule has 15 heavy (non-hydrogen) atoms. The first kappa shape index (κ1) is 11.8. The van der Waals surface area contributed by atoms with Crippen LogP contribution in [0.1, 0.15) is 32.4 Å². The average Bonchev–Trinajstić information content (AvgIpc) is 2.57. The molecular formula is C12H21N3. The van der Waals surface area contributed by atoms with Crippen LogP contribution >= 0.6 is 0 Å². The Morgan fingerprint density at radius 1 is 1.67 bits per heavy atom. The van der Waals surface area contributed by atoms with Gasteiger partial charge in [-0.25, -0.2) is 0 Å². The summed E-state index contributed by atoms with van der Waals surface area (Å²) < 4.78 is 1.91. The summed E-state index contributed by atoms with van der Waals surface area (Å²) in [4.78, 5) is 0. The standard InChI is InChI=1S/C12H21N3/c1-5-7-8-10(3)13-12-9-11(6-2)14-15(12)4/h5,9-10,13H,1,6-8H2,2-4H3/t10-/m1/s1. The number of hydrogen-bond acceptors (Lipinski definition) is 2. The van der Waals surface area contributed by atoms with E-state index in [1.165, 1.54) is 0 Å². The number of nitrogens with zero attached hydrogens (tertiary/aromatic N) is 2. The van der Waals surface area contributed by atoms with Crippen molar-refractivity contribution >= 4 is 5.82 Å². The fourth-order valence-electron chi connectivity index (χ4n) is 1.53. The Balaban J connectivity index is 2.55. The molecule has 0 saturated heterocycles. The summed E-state index contributed by atoms with van der Waals surface area (Å²) in [5.41, 5.74) is 1.14. The van der Waals surface area contributed by atoms with E-state index in [4.69, 9.17) is 0 Å². The van der Waals surface area contributed by atoms with Crippen LogP contribution in [-0.2, 0) is 13.5 Å². The summed E-state index contributed by atoms with van der Waals surface area (Å²) in [7, 11) is 1.97. The van der Waals surface area contributed by atoms with Gasteiger partial charge in [0.25, 0.3) is 0 Å². The minimum absolute atomic E-state index is 0.461. The highest BCUT2D eigenvalue weighted by molar-refractivity contribution is 5.37. The summed E-state index contributed by atoms with van der Waals surface area (Å²) in [6.07, 6.45) is 5.10. The van der Waals surface area contributed by atoms with E-state index in [0.717, 1.165) is 30.8 Å². The maximum atomic E-state index is 4.40. The Hall–Kier alpha value is -1.25. The number of aryl methyl sites for hydroxylation is 2. The van der Waals surface area contributed by atoms with Crippen molar-refractivity contribution in [3.8, 4) is 0 Å². The number of anilines is 1. The van der Waals surface area contributed by atoms with Crippen molar-refractivity contribution in [2.45, 2.75) is 39.2 Å². The van der Waals surface area contributed by atoms with Gasteiger partial charge in [-0.05, 0) is 26.2 Å². The van der Waals surface area contributed by atoms with Gasteiger partial charge in [-0.3, -0.25) is 4.68 Å². The van der Waals surface area contributed by atoms with Crippen LogP contribution in [0.2, 0.25) is 0 Å². The zero-order valence-electron chi connectivity index (χ0n) is 9.95. The summed E-state index contributed by atoms with van der Waals surface area (Å²) >= 11 is 0. The number of nitrogens with one attached hydrogen (secondary N) is 1. The molecule has 1 atom stereocenters. The molecule has 0 fully saturated rings. The lowest BCUT2D eigenvalue weighted by molar-refractivity contribution is 0.688. The molecule has 0 radical (unpaired) electrons. The second kappa shape index (κ2) is 5.59. The molecule has 0 bridgehead atoms. The molecule has 0 unspecified atom stereocenters. The van der Waals surface area contributed by atoms with Gasteiger partial charge in [0.05, 0.1) is 5.69 Å². The fraction of sp³-hybridized carbons (Fsp3) is 0.583. The lowest BCUT2D eigenvalue weighted by atomic mass is 10.2. The van der Waals surface area contributed by atoms with Crippen LogP contribution in [0.4, 0.5) is 5.82 Å². The van der Waals surface area contributed by atoms with Gasteiger partial charge in [0, 0.05) is 19.2 Å². The second-order valence-electron chi connectivity index (χ2n) is 3.91. The van der Waals surface area contributed by atoms with Crippen molar-refractivity contribution in [3.05, 3.63) is 24.4 Å². The number of rotatable bonds is 6. The molecule has 1 rings (SSSR count). The maximum Gasteiger partial charge on any atom is 0.124 e. The van der Waals surface area contributed by atoms with Crippen LogP contribution in [0, 0.1) is 0 Å². The van der Waals surface area contributed by atoms with E-state index in [9.17, 15) is 0 Å². The maximum absolute atomic E-state index is 4.40. The normalized spacial score (nSPS) is 12.5. The summed E-state index contributed by atoms with van der Waals surface area (Å²) in [6.45, 7) is 8.03. The molecule has 84 valence electrons. The Morgan fingerprint density at radius 2 is 2.40 bits per heavy atom. The molecule has 0 aliphatic carbocycles. The lowest BCUT2D eigenvalue weighted by Crippen LogP contribution is -2.16. The Kier molecular flexibility index (Phi) is 4.40. The zero-order valence-corrected chi connectivity index (χ0v) is 9.95. The van der Waals surface area contributed by atoms with Gasteiger partial charge in [0.1, 0.15) is 5.82 Å². The topological polar surface area (TPSA) is 29.9 Å². The van der Waals surface area contributed by atoms with Gasteiger partial charge >= 0.3 is 0 Å². The second-order valence-corrected chi connectivity index (χ2v) is 3.91. The smallest absolute Gasteiger partial charge is 0.124 e. The van der Waals surface area contributed by atoms with Crippen molar-refractivity contribution < 1.29 is 0 Å². The first-order chi connectivity index (χ1) is 7.17. The molecule has 0 saturated carbocycles. The van der Waals surface area contributed by atoms with Crippen molar-refractivity contribution in [2.24, 2.45) is 7.05 Å². The molecule has 3 heteroatoms. The van der Waals surface area contributed by atoms with Crippen LogP contribution < -0.4 is 5.32 Å². The van der Waals surface area contributed by atoms with Crippen LogP contribution in [0.3, 0.4) is 0 Å². The highest BCUT2D eigenvalue weighted by Gasteiger charge is 2.06. The first-order valence-corrected chi connectivity index (χ1v) is 5.57. The molecule has 0 aromatic carbocycles. The van der Waals surface area contributed by atoms with Gasteiger partial charge in [-0.2, -0.15) is 5.10 Å². The summed E-state index contributed by atoms with van der Waals surface area (Å²) in [5, 5.41) is 7.85. The predicted octanol–water partition coefficient (Wildman–Crippen LogP) is 2.75. The molecule has 0 aliphatic heterocycles. The van der Waals surface area contributed by atoms with Crippen LogP contribution in [0.5, 0.6) is 0 Å². The van der Waals surface area contributed by atoms with Crippen LogP contribution in [-0.4, -0.2) is 15.8 Å². The van der Waals surface area contributed by atoms with Gasteiger partial charge in [-0.1, -0.05) is 13.0 Å². The molecule has 0 aliphatic rings. The molecule has 0 spiro atoms. The zero-order chi connectivity index (χ0) is 11.3. The molecule has 1 heterocycles. The number of aromatic nitrogens is 2. The third-order valence-electron chi connectivity index (χ3n) is 2.49. The molecular weight excluding hydrogens is 186 g/mol. The van der Waals surface area contributed by atoms with Gasteiger partial charge in [0.2, 0.25) is 0 Å². The Bertz CT molecular complexity index is 315. The quantitative estimate of drug-likeness (QED) is 0.727. The van der Waals surface area contributed by atoms with E-state index < -0.39 is 0 Å². The number of allylic oxidation sites excluding steroid dienone is 1. The largest absolute Gasteiger partial charge is 0.368 e. The van der Waals surface area contributed by atoms with E-state index in [1.807, 2.05) is 17.8 Å². The van der Waals surface area contributed by atoms with Crippen molar-refractivity contribution in [1.82, 2.24) is 9.78 Å². The van der Waals surface area contributed by atoms with Crippen molar-refractivity contribution in [2.75, 3.05) is 5.32 Å². The highest BCUT2D eigenvalue weighted by atomic mass is 15.3. The molecule has 1 aromatic rings. The lowest BCUT2D eigenvalue weighted by Gasteiger charge is -2.13. The average molecular weight is 207 g/mol. The van der Waals surface area contributed by atoms with Crippen LogP contribution in [0.15, 0.2) is 18.7 Å². The monoisotopic (exact) mass is 207 g/mol. The Labute approximate surface area is 92.2 Å². The highest BCUT2D eigenvalue weighted by Crippen LogP contribution is 2.12. The van der Waals surface area contributed by atoms with Crippen molar-refractivity contribution in [3.63, 3.8) is 0 Å². The third kappa shape index (κ3) is 3.42. The first-order valence-electron chi connectivity index (χ1n) is 5.57. The molecule has 3 nitrogen and oxygen atoms in total. The van der Waals surface area contributed by atoms with Gasteiger partial charge < -0.3 is 5.32 Å². The van der Waals surface area contributed by atoms with E-state index in [1.54, 1.807) is 0 Å². The summed E-state index contributed by atoms with van der Waals surface area (Å²) in [6, 6.07) is 2.58. The fourth-order valence-corrected chi connectivity index (χ4v) is 1.53. The predicted molar refractivity (Wildman–Crippen MR) is 65.1 cm³/mol. The van der Waals surface area contributed by atoms with E-state index in [-0.39, 0.29) is 0 Å². The molecule has 1 aromatic heterocycles. The van der Waals surface area contributed by atoms with Crippen molar-refractivity contribution in [1.29, 1.82) is 0 Å². The van der Waals surface area contributed by atoms with Gasteiger partial charge in [0.15, 0.2) is 0 Å². The van der Waals surface area contributed by atoms with E-state index in [0.29, 0.717) is 6.04 Å². The summed E-state index contributed by atoms with van der Waals surface area (Å²) in [5.74, 6) is 1.10. The van der Waals surface area contributed by atoms with E-state index in [2.05, 4.69) is 36.9 Å². The van der Waals surface area contributed by atoms with Crippen LogP contribution in [0.25, 0.3) is 0 Å². The minimum Gasteiger partial charge on any atom is -0.368 e. The number of hydrogen-bond donors (Lipinski definition) is 1. The van der Waals surface area contributed by atoms with E-state index >= 15 is 0 Å². The molecule has 1 N–H and O–H groups in total.